The first kappa shape index (κ1) is 11.2. The van der Waals surface area contributed by atoms with Gasteiger partial charge in [-0.15, -0.1) is 0 Å². The summed E-state index contributed by atoms with van der Waals surface area (Å²) in [6.07, 6.45) is 5.74. The zero-order valence-electron chi connectivity index (χ0n) is 10.9. The summed E-state index contributed by atoms with van der Waals surface area (Å²) in [5.41, 5.74) is 1.93. The molecule has 2 atom stereocenters. The molecule has 2 aromatic rings. The van der Waals surface area contributed by atoms with Crippen LogP contribution in [0.2, 0.25) is 0 Å². The molecule has 0 amide bonds. The van der Waals surface area contributed by atoms with E-state index in [1.807, 2.05) is 30.5 Å². The highest BCUT2D eigenvalue weighted by Gasteiger charge is 2.37. The van der Waals surface area contributed by atoms with Crippen LogP contribution in [0.4, 0.5) is 5.82 Å². The number of nitrogens with one attached hydrogen (secondary N) is 1. The lowest BCUT2D eigenvalue weighted by molar-refractivity contribution is 0.318. The number of nitrogens with zero attached hydrogens (tertiary/aromatic N) is 3. The van der Waals surface area contributed by atoms with Gasteiger partial charge in [0.2, 0.25) is 0 Å². The summed E-state index contributed by atoms with van der Waals surface area (Å²) in [5.74, 6) is 0.914. The van der Waals surface area contributed by atoms with Crippen LogP contribution in [0.15, 0.2) is 30.5 Å². The molecule has 0 radical (unpaired) electrons. The fraction of sp³-hybridized carbons (Fsp3) is 0.467. The van der Waals surface area contributed by atoms with E-state index in [1.54, 1.807) is 0 Å². The van der Waals surface area contributed by atoms with E-state index in [-0.39, 0.29) is 0 Å². The minimum Gasteiger partial charge on any atom is -0.364 e. The molecule has 2 fully saturated rings. The number of anilines is 1. The Morgan fingerprint density at radius 2 is 2.00 bits per heavy atom. The van der Waals surface area contributed by atoms with E-state index in [4.69, 9.17) is 0 Å². The van der Waals surface area contributed by atoms with Crippen molar-refractivity contribution in [2.75, 3.05) is 18.4 Å². The van der Waals surface area contributed by atoms with Crippen LogP contribution in [0.5, 0.6) is 0 Å². The number of rotatable bonds is 2. The van der Waals surface area contributed by atoms with Crippen molar-refractivity contribution >= 4 is 16.9 Å². The molecular formula is C15H18N4. The van der Waals surface area contributed by atoms with Crippen LogP contribution in [0.3, 0.4) is 0 Å². The highest BCUT2D eigenvalue weighted by Crippen LogP contribution is 2.29. The van der Waals surface area contributed by atoms with E-state index in [1.165, 1.54) is 32.4 Å². The highest BCUT2D eigenvalue weighted by atomic mass is 15.2. The van der Waals surface area contributed by atoms with Crippen molar-refractivity contribution in [2.24, 2.45) is 0 Å². The normalized spacial score (nSPS) is 26.7. The van der Waals surface area contributed by atoms with Gasteiger partial charge in [0.05, 0.1) is 17.2 Å². The molecule has 2 unspecified atom stereocenters. The number of hydrogen-bond acceptors (Lipinski definition) is 4. The van der Waals surface area contributed by atoms with Crippen LogP contribution in [-0.2, 0) is 0 Å². The van der Waals surface area contributed by atoms with Crippen molar-refractivity contribution in [1.82, 2.24) is 14.9 Å². The van der Waals surface area contributed by atoms with Crippen molar-refractivity contribution in [2.45, 2.75) is 31.3 Å². The zero-order chi connectivity index (χ0) is 12.7. The number of benzene rings is 1. The van der Waals surface area contributed by atoms with Gasteiger partial charge in [-0.2, -0.15) is 0 Å². The Hall–Kier alpha value is -1.68. The van der Waals surface area contributed by atoms with Gasteiger partial charge < -0.3 is 5.32 Å². The van der Waals surface area contributed by atoms with Gasteiger partial charge in [-0.3, -0.25) is 9.88 Å². The maximum absolute atomic E-state index is 4.66. The van der Waals surface area contributed by atoms with Gasteiger partial charge in [0, 0.05) is 18.6 Å². The summed E-state index contributed by atoms with van der Waals surface area (Å²) in [7, 11) is 0. The summed E-state index contributed by atoms with van der Waals surface area (Å²) >= 11 is 0. The monoisotopic (exact) mass is 254 g/mol. The molecule has 0 spiro atoms. The van der Waals surface area contributed by atoms with Crippen LogP contribution in [0.1, 0.15) is 19.3 Å². The first-order chi connectivity index (χ1) is 9.40. The highest BCUT2D eigenvalue weighted by molar-refractivity contribution is 5.75. The third-order valence-electron chi connectivity index (χ3n) is 4.39. The van der Waals surface area contributed by atoms with Crippen LogP contribution < -0.4 is 5.32 Å². The lowest BCUT2D eigenvalue weighted by Crippen LogP contribution is -2.34. The van der Waals surface area contributed by atoms with Gasteiger partial charge in [0.25, 0.3) is 0 Å². The third kappa shape index (κ3) is 1.96. The summed E-state index contributed by atoms with van der Waals surface area (Å²) in [6, 6.07) is 9.27. The largest absolute Gasteiger partial charge is 0.364 e. The Balaban J connectivity index is 1.58. The van der Waals surface area contributed by atoms with Crippen LogP contribution in [0.25, 0.3) is 11.0 Å². The van der Waals surface area contributed by atoms with Crippen molar-refractivity contribution in [1.29, 1.82) is 0 Å². The molecule has 19 heavy (non-hydrogen) atoms. The van der Waals surface area contributed by atoms with Gasteiger partial charge >= 0.3 is 0 Å². The van der Waals surface area contributed by atoms with Crippen molar-refractivity contribution in [3.05, 3.63) is 30.5 Å². The summed E-state index contributed by atoms with van der Waals surface area (Å²) in [5, 5.41) is 3.59. The number of para-hydroxylation sites is 2. The smallest absolute Gasteiger partial charge is 0.145 e. The Kier molecular flexibility index (Phi) is 2.62. The molecule has 2 aliphatic rings. The Bertz CT molecular complexity index is 597. The van der Waals surface area contributed by atoms with E-state index in [0.29, 0.717) is 12.1 Å². The fourth-order valence-corrected chi connectivity index (χ4v) is 3.47. The van der Waals surface area contributed by atoms with E-state index in [9.17, 15) is 0 Å². The van der Waals surface area contributed by atoms with Crippen LogP contribution in [-0.4, -0.2) is 40.0 Å². The minimum atomic E-state index is 0.540. The number of aromatic nitrogens is 2. The van der Waals surface area contributed by atoms with E-state index < -0.39 is 0 Å². The van der Waals surface area contributed by atoms with Gasteiger partial charge in [-0.25, -0.2) is 4.98 Å². The lowest BCUT2D eigenvalue weighted by atomic mass is 10.1. The topological polar surface area (TPSA) is 41.1 Å². The molecule has 1 aromatic carbocycles. The van der Waals surface area contributed by atoms with Crippen LogP contribution >= 0.6 is 0 Å². The lowest BCUT2D eigenvalue weighted by Gasteiger charge is -2.21. The van der Waals surface area contributed by atoms with Crippen molar-refractivity contribution < 1.29 is 0 Å². The van der Waals surface area contributed by atoms with E-state index in [2.05, 4.69) is 20.2 Å². The van der Waals surface area contributed by atoms with Crippen molar-refractivity contribution in [3.63, 3.8) is 0 Å². The van der Waals surface area contributed by atoms with Gasteiger partial charge in [-0.05, 0) is 37.9 Å². The molecule has 2 aliphatic heterocycles. The van der Waals surface area contributed by atoms with Gasteiger partial charge in [-0.1, -0.05) is 12.1 Å². The number of hydrogen-bond donors (Lipinski definition) is 1. The molecule has 0 bridgehead atoms. The summed E-state index contributed by atoms with van der Waals surface area (Å²) in [4.78, 5) is 11.7. The predicted octanol–water partition coefficient (Wildman–Crippen LogP) is 2.28. The molecule has 1 aromatic heterocycles. The molecule has 2 saturated heterocycles. The maximum atomic E-state index is 4.66. The third-order valence-corrected chi connectivity index (χ3v) is 4.39. The SMILES string of the molecule is c1ccc2nc(NC3CCN4CCCC34)cnc2c1. The predicted molar refractivity (Wildman–Crippen MR) is 76.2 cm³/mol. The molecule has 0 aliphatic carbocycles. The first-order valence-electron chi connectivity index (χ1n) is 7.12. The first-order valence-corrected chi connectivity index (χ1v) is 7.12. The van der Waals surface area contributed by atoms with E-state index in [0.717, 1.165) is 16.9 Å². The molecule has 3 heterocycles. The van der Waals surface area contributed by atoms with Gasteiger partial charge in [0.1, 0.15) is 5.82 Å². The number of fused-ring (bicyclic) bond motifs is 2. The van der Waals surface area contributed by atoms with E-state index >= 15 is 0 Å². The maximum Gasteiger partial charge on any atom is 0.145 e. The van der Waals surface area contributed by atoms with Crippen LogP contribution in [0, 0.1) is 0 Å². The molecule has 1 N–H and O–H groups in total. The zero-order valence-corrected chi connectivity index (χ0v) is 10.9. The Labute approximate surface area is 112 Å². The second-order valence-electron chi connectivity index (χ2n) is 5.53. The summed E-state index contributed by atoms with van der Waals surface area (Å²) in [6.45, 7) is 2.50. The molecule has 4 nitrogen and oxygen atoms in total. The molecule has 98 valence electrons. The average molecular weight is 254 g/mol. The second kappa shape index (κ2) is 4.46. The minimum absolute atomic E-state index is 0.540. The standard InChI is InChI=1S/C15H18N4/c1-2-5-12-11(4-1)16-10-15(17-12)18-13-7-9-19-8-3-6-14(13)19/h1-2,4-5,10,13-14H,3,6-9H2,(H,17,18). The Morgan fingerprint density at radius 3 is 2.95 bits per heavy atom. The Morgan fingerprint density at radius 1 is 1.11 bits per heavy atom. The summed E-state index contributed by atoms with van der Waals surface area (Å²) < 4.78 is 0. The van der Waals surface area contributed by atoms with Gasteiger partial charge in [0.15, 0.2) is 0 Å². The van der Waals surface area contributed by atoms with Crippen molar-refractivity contribution in [3.8, 4) is 0 Å². The molecule has 4 rings (SSSR count). The second-order valence-corrected chi connectivity index (χ2v) is 5.53. The average Bonchev–Trinajstić information content (AvgIpc) is 3.04. The quantitative estimate of drug-likeness (QED) is 0.892. The molecular weight excluding hydrogens is 236 g/mol. The molecule has 0 saturated carbocycles. The fourth-order valence-electron chi connectivity index (χ4n) is 3.47. The molecule has 4 heteroatoms.